The number of esters is 1. The molecule has 0 amide bonds. The van der Waals surface area contributed by atoms with Crippen molar-refractivity contribution in [1.82, 2.24) is 4.98 Å². The zero-order valence-electron chi connectivity index (χ0n) is 15.6. The molecule has 0 radical (unpaired) electrons. The number of aromatic nitrogens is 1. The standard InChI is InChI=1S/C21H20ClNO5/c1-3-26-19-10-17-14(20(24)15(11-23-17)21(25)27-4-2)9-18(19)28-12-13-7-5-6-8-16(13)22/h5-11H,3-4,12H2,1-2H3,(H,23,24). The highest BCUT2D eigenvalue weighted by molar-refractivity contribution is 6.31. The molecule has 1 N–H and O–H groups in total. The molecule has 0 aliphatic rings. The van der Waals surface area contributed by atoms with Crippen LogP contribution < -0.4 is 14.9 Å². The van der Waals surface area contributed by atoms with Gasteiger partial charge in [-0.2, -0.15) is 0 Å². The largest absolute Gasteiger partial charge is 0.490 e. The third kappa shape index (κ3) is 4.12. The summed E-state index contributed by atoms with van der Waals surface area (Å²) in [5.74, 6) is 0.209. The molecule has 3 rings (SSSR count). The molecular formula is C21H20ClNO5. The van der Waals surface area contributed by atoms with Gasteiger partial charge >= 0.3 is 5.97 Å². The number of carbonyl (C=O) groups excluding carboxylic acids is 1. The number of ether oxygens (including phenoxy) is 3. The average molecular weight is 402 g/mol. The minimum atomic E-state index is -0.668. The minimum absolute atomic E-state index is 0.0597. The molecule has 1 heterocycles. The second-order valence-electron chi connectivity index (χ2n) is 5.91. The number of nitrogens with one attached hydrogen (secondary N) is 1. The van der Waals surface area contributed by atoms with Crippen molar-refractivity contribution < 1.29 is 19.0 Å². The third-order valence-corrected chi connectivity index (χ3v) is 4.45. The summed E-state index contributed by atoms with van der Waals surface area (Å²) in [4.78, 5) is 27.7. The molecule has 0 aliphatic carbocycles. The zero-order chi connectivity index (χ0) is 20.1. The van der Waals surface area contributed by atoms with Crippen molar-refractivity contribution in [1.29, 1.82) is 0 Å². The van der Waals surface area contributed by atoms with E-state index in [2.05, 4.69) is 4.98 Å². The highest BCUT2D eigenvalue weighted by Gasteiger charge is 2.17. The van der Waals surface area contributed by atoms with Gasteiger partial charge in [0.05, 0.1) is 24.1 Å². The molecule has 0 atom stereocenters. The normalized spacial score (nSPS) is 10.7. The predicted molar refractivity (Wildman–Crippen MR) is 107 cm³/mol. The van der Waals surface area contributed by atoms with Crippen LogP contribution in [0.4, 0.5) is 0 Å². The molecule has 0 bridgehead atoms. The number of hydrogen-bond acceptors (Lipinski definition) is 5. The molecule has 7 heteroatoms. The molecule has 0 saturated heterocycles. The van der Waals surface area contributed by atoms with Crippen LogP contribution >= 0.6 is 11.6 Å². The summed E-state index contributed by atoms with van der Waals surface area (Å²) in [5, 5.41) is 0.895. The summed E-state index contributed by atoms with van der Waals surface area (Å²) in [6.07, 6.45) is 1.35. The van der Waals surface area contributed by atoms with E-state index in [1.54, 1.807) is 25.1 Å². The number of halogens is 1. The highest BCUT2D eigenvalue weighted by atomic mass is 35.5. The maximum absolute atomic E-state index is 12.8. The van der Waals surface area contributed by atoms with Gasteiger partial charge in [-0.1, -0.05) is 29.8 Å². The fourth-order valence-electron chi connectivity index (χ4n) is 2.74. The molecular weight excluding hydrogens is 382 g/mol. The van der Waals surface area contributed by atoms with Gasteiger partial charge in [-0.15, -0.1) is 0 Å². The number of aromatic amines is 1. The third-order valence-electron chi connectivity index (χ3n) is 4.08. The van der Waals surface area contributed by atoms with Gasteiger partial charge in [0, 0.05) is 22.8 Å². The van der Waals surface area contributed by atoms with Gasteiger partial charge < -0.3 is 19.2 Å². The summed E-state index contributed by atoms with van der Waals surface area (Å²) in [6, 6.07) is 10.6. The van der Waals surface area contributed by atoms with E-state index in [9.17, 15) is 9.59 Å². The Morgan fingerprint density at radius 1 is 1.07 bits per heavy atom. The highest BCUT2D eigenvalue weighted by Crippen LogP contribution is 2.32. The first-order valence-corrected chi connectivity index (χ1v) is 9.28. The van der Waals surface area contributed by atoms with Crippen LogP contribution in [-0.2, 0) is 11.3 Å². The Morgan fingerprint density at radius 2 is 1.82 bits per heavy atom. The molecule has 0 unspecified atom stereocenters. The Balaban J connectivity index is 2.02. The maximum Gasteiger partial charge on any atom is 0.343 e. The number of benzene rings is 2. The average Bonchev–Trinajstić information content (AvgIpc) is 2.68. The maximum atomic E-state index is 12.8. The number of carbonyl (C=O) groups is 1. The fourth-order valence-corrected chi connectivity index (χ4v) is 2.93. The van der Waals surface area contributed by atoms with E-state index >= 15 is 0 Å². The monoisotopic (exact) mass is 401 g/mol. The lowest BCUT2D eigenvalue weighted by atomic mass is 10.1. The molecule has 6 nitrogen and oxygen atoms in total. The van der Waals surface area contributed by atoms with Gasteiger partial charge in [-0.05, 0) is 26.0 Å². The summed E-state index contributed by atoms with van der Waals surface area (Å²) >= 11 is 6.18. The predicted octanol–water partition coefficient (Wildman–Crippen LogP) is 4.34. The molecule has 28 heavy (non-hydrogen) atoms. The van der Waals surface area contributed by atoms with Crippen LogP contribution in [0.5, 0.6) is 11.5 Å². The van der Waals surface area contributed by atoms with E-state index in [1.807, 2.05) is 25.1 Å². The number of rotatable bonds is 7. The van der Waals surface area contributed by atoms with E-state index < -0.39 is 11.4 Å². The second-order valence-corrected chi connectivity index (χ2v) is 6.32. The van der Waals surface area contributed by atoms with Gasteiger partial charge in [0.25, 0.3) is 0 Å². The molecule has 0 saturated carbocycles. The Bertz CT molecular complexity index is 1060. The van der Waals surface area contributed by atoms with Crippen molar-refractivity contribution in [2.24, 2.45) is 0 Å². The first-order chi connectivity index (χ1) is 13.5. The SMILES string of the molecule is CCOC(=O)c1c[nH]c2cc(OCC)c(OCc3ccccc3Cl)cc2c1=O. The van der Waals surface area contributed by atoms with Crippen LogP contribution in [0.25, 0.3) is 10.9 Å². The van der Waals surface area contributed by atoms with Gasteiger partial charge in [-0.25, -0.2) is 4.79 Å². The van der Waals surface area contributed by atoms with Crippen LogP contribution in [0.2, 0.25) is 5.02 Å². The Labute approximate surface area is 167 Å². The lowest BCUT2D eigenvalue weighted by molar-refractivity contribution is 0.0524. The first kappa shape index (κ1) is 19.8. The van der Waals surface area contributed by atoms with Crippen molar-refractivity contribution in [3.63, 3.8) is 0 Å². The lowest BCUT2D eigenvalue weighted by Gasteiger charge is -2.14. The number of fused-ring (bicyclic) bond motifs is 1. The zero-order valence-corrected chi connectivity index (χ0v) is 16.3. The molecule has 1 aromatic heterocycles. The summed E-state index contributed by atoms with van der Waals surface area (Å²) in [7, 11) is 0. The summed E-state index contributed by atoms with van der Waals surface area (Å²) in [6.45, 7) is 4.36. The van der Waals surface area contributed by atoms with Crippen molar-refractivity contribution in [2.75, 3.05) is 13.2 Å². The van der Waals surface area contributed by atoms with E-state index in [0.29, 0.717) is 34.0 Å². The number of hydrogen-bond donors (Lipinski definition) is 1. The van der Waals surface area contributed by atoms with Gasteiger partial charge in [0.2, 0.25) is 5.43 Å². The Morgan fingerprint density at radius 3 is 2.54 bits per heavy atom. The van der Waals surface area contributed by atoms with Crippen molar-refractivity contribution in [3.8, 4) is 11.5 Å². The van der Waals surface area contributed by atoms with Crippen molar-refractivity contribution in [2.45, 2.75) is 20.5 Å². The van der Waals surface area contributed by atoms with Crippen LogP contribution in [-0.4, -0.2) is 24.2 Å². The Hall–Kier alpha value is -2.99. The van der Waals surface area contributed by atoms with Crippen LogP contribution in [0.3, 0.4) is 0 Å². The van der Waals surface area contributed by atoms with Gasteiger partial charge in [0.15, 0.2) is 11.5 Å². The molecule has 2 aromatic carbocycles. The summed E-state index contributed by atoms with van der Waals surface area (Å²) in [5.41, 5.74) is 0.848. The lowest BCUT2D eigenvalue weighted by Crippen LogP contribution is -2.18. The van der Waals surface area contributed by atoms with Crippen LogP contribution in [0, 0.1) is 0 Å². The van der Waals surface area contributed by atoms with E-state index in [-0.39, 0.29) is 18.8 Å². The van der Waals surface area contributed by atoms with E-state index in [0.717, 1.165) is 5.56 Å². The first-order valence-electron chi connectivity index (χ1n) is 8.90. The Kier molecular flexibility index (Phi) is 6.21. The second kappa shape index (κ2) is 8.80. The fraction of sp³-hybridized carbons (Fsp3) is 0.238. The molecule has 0 spiro atoms. The number of pyridine rings is 1. The van der Waals surface area contributed by atoms with E-state index in [4.69, 9.17) is 25.8 Å². The van der Waals surface area contributed by atoms with Crippen molar-refractivity contribution >= 4 is 28.5 Å². The minimum Gasteiger partial charge on any atom is -0.490 e. The molecule has 0 aliphatic heterocycles. The van der Waals surface area contributed by atoms with Crippen LogP contribution in [0.15, 0.2) is 47.4 Å². The van der Waals surface area contributed by atoms with E-state index in [1.165, 1.54) is 6.20 Å². The molecule has 146 valence electrons. The molecule has 3 aromatic rings. The quantitative estimate of drug-likeness (QED) is 0.596. The smallest absolute Gasteiger partial charge is 0.343 e. The molecule has 0 fully saturated rings. The van der Waals surface area contributed by atoms with Gasteiger partial charge in [0.1, 0.15) is 12.2 Å². The summed E-state index contributed by atoms with van der Waals surface area (Å²) < 4.78 is 16.5. The van der Waals surface area contributed by atoms with Gasteiger partial charge in [-0.3, -0.25) is 4.79 Å². The van der Waals surface area contributed by atoms with Crippen LogP contribution in [0.1, 0.15) is 29.8 Å². The topological polar surface area (TPSA) is 77.6 Å². The van der Waals surface area contributed by atoms with Crippen molar-refractivity contribution in [3.05, 3.63) is 69.0 Å². The number of H-pyrrole nitrogens is 1.